The summed E-state index contributed by atoms with van der Waals surface area (Å²) in [5.74, 6) is 0.992. The molecule has 2 amide bonds. The van der Waals surface area contributed by atoms with Crippen molar-refractivity contribution in [3.8, 4) is 5.75 Å². The molecule has 31 heavy (non-hydrogen) atoms. The second kappa shape index (κ2) is 8.87. The van der Waals surface area contributed by atoms with E-state index in [0.717, 1.165) is 12.0 Å². The predicted octanol–water partition coefficient (Wildman–Crippen LogP) is 4.32. The van der Waals surface area contributed by atoms with Crippen molar-refractivity contribution in [2.75, 3.05) is 12.4 Å². The molecule has 0 aliphatic heterocycles. The number of hydrazone groups is 1. The standard InChI is InChI=1S/C24H23N3O4/c1-15-21-19(26-27-23(28)16-8-4-3-5-9-16)12-7-13-20(21)31-22(15)24(29)25-17-10-6-11-18(14-17)30-2/h3-6,8-11,14H,7,12-13H2,1-2H3,(H,25,29)(H,27,28)/b26-19+. The number of amides is 2. The Morgan fingerprint density at radius 3 is 2.61 bits per heavy atom. The van der Waals surface area contributed by atoms with E-state index in [1.807, 2.05) is 13.0 Å². The number of anilines is 1. The monoisotopic (exact) mass is 417 g/mol. The van der Waals surface area contributed by atoms with Gasteiger partial charge in [-0.2, -0.15) is 5.10 Å². The predicted molar refractivity (Wildman–Crippen MR) is 118 cm³/mol. The summed E-state index contributed by atoms with van der Waals surface area (Å²) in [6.07, 6.45) is 2.24. The molecule has 0 saturated heterocycles. The quantitative estimate of drug-likeness (QED) is 0.605. The molecule has 0 bridgehead atoms. The van der Waals surface area contributed by atoms with E-state index < -0.39 is 0 Å². The van der Waals surface area contributed by atoms with Crippen molar-refractivity contribution >= 4 is 23.2 Å². The molecule has 0 fully saturated rings. The number of ether oxygens (including phenoxy) is 1. The minimum atomic E-state index is -0.340. The first kappa shape index (κ1) is 20.4. The van der Waals surface area contributed by atoms with E-state index in [4.69, 9.17) is 9.15 Å². The number of hydrogen-bond acceptors (Lipinski definition) is 5. The van der Waals surface area contributed by atoms with Crippen LogP contribution in [0.25, 0.3) is 0 Å². The van der Waals surface area contributed by atoms with Crippen LogP contribution in [0, 0.1) is 6.92 Å². The summed E-state index contributed by atoms with van der Waals surface area (Å²) in [6.45, 7) is 1.84. The average Bonchev–Trinajstić information content (AvgIpc) is 3.15. The highest BCUT2D eigenvalue weighted by Gasteiger charge is 2.28. The van der Waals surface area contributed by atoms with Crippen LogP contribution in [0.4, 0.5) is 5.69 Å². The highest BCUT2D eigenvalue weighted by molar-refractivity contribution is 6.09. The van der Waals surface area contributed by atoms with Crippen LogP contribution in [-0.4, -0.2) is 24.6 Å². The van der Waals surface area contributed by atoms with E-state index in [1.165, 1.54) is 0 Å². The molecule has 2 aromatic carbocycles. The summed E-state index contributed by atoms with van der Waals surface area (Å²) in [5.41, 5.74) is 5.99. The number of methoxy groups -OCH3 is 1. The third kappa shape index (κ3) is 4.35. The van der Waals surface area contributed by atoms with Gasteiger partial charge in [-0.05, 0) is 44.0 Å². The van der Waals surface area contributed by atoms with Gasteiger partial charge in [0.15, 0.2) is 5.76 Å². The molecule has 4 rings (SSSR count). The molecule has 0 atom stereocenters. The molecule has 0 spiro atoms. The number of aryl methyl sites for hydroxylation is 1. The van der Waals surface area contributed by atoms with Crippen LogP contribution in [-0.2, 0) is 6.42 Å². The largest absolute Gasteiger partial charge is 0.497 e. The normalized spacial score (nSPS) is 14.1. The third-order valence-corrected chi connectivity index (χ3v) is 5.19. The molecule has 2 N–H and O–H groups in total. The maximum Gasteiger partial charge on any atom is 0.291 e. The molecule has 1 heterocycles. The maximum atomic E-state index is 12.9. The molecule has 7 nitrogen and oxygen atoms in total. The zero-order chi connectivity index (χ0) is 21.8. The van der Waals surface area contributed by atoms with Gasteiger partial charge in [0.1, 0.15) is 11.5 Å². The van der Waals surface area contributed by atoms with Crippen LogP contribution < -0.4 is 15.5 Å². The van der Waals surface area contributed by atoms with Gasteiger partial charge in [0.25, 0.3) is 11.8 Å². The number of nitrogens with zero attached hydrogens (tertiary/aromatic N) is 1. The van der Waals surface area contributed by atoms with Gasteiger partial charge in [-0.25, -0.2) is 5.43 Å². The molecular weight excluding hydrogens is 394 g/mol. The number of nitrogens with one attached hydrogen (secondary N) is 2. The van der Waals surface area contributed by atoms with Crippen molar-refractivity contribution in [1.82, 2.24) is 5.43 Å². The lowest BCUT2D eigenvalue weighted by Crippen LogP contribution is -2.22. The number of benzene rings is 2. The number of carbonyl (C=O) groups excluding carboxylic acids is 2. The highest BCUT2D eigenvalue weighted by Crippen LogP contribution is 2.30. The molecule has 0 unspecified atom stereocenters. The number of furan rings is 1. The minimum absolute atomic E-state index is 0.247. The summed E-state index contributed by atoms with van der Waals surface area (Å²) < 4.78 is 11.1. The van der Waals surface area contributed by atoms with E-state index in [9.17, 15) is 9.59 Å². The van der Waals surface area contributed by atoms with E-state index in [0.29, 0.717) is 46.9 Å². The first-order chi connectivity index (χ1) is 15.1. The van der Waals surface area contributed by atoms with Crippen molar-refractivity contribution in [1.29, 1.82) is 0 Å². The molecule has 0 saturated carbocycles. The Morgan fingerprint density at radius 2 is 1.84 bits per heavy atom. The van der Waals surface area contributed by atoms with E-state index in [1.54, 1.807) is 55.6 Å². The van der Waals surface area contributed by atoms with Crippen molar-refractivity contribution < 1.29 is 18.7 Å². The Kier molecular flexibility index (Phi) is 5.84. The van der Waals surface area contributed by atoms with Crippen LogP contribution in [0.1, 0.15) is 50.6 Å². The van der Waals surface area contributed by atoms with Gasteiger partial charge in [-0.15, -0.1) is 0 Å². The van der Waals surface area contributed by atoms with Crippen molar-refractivity contribution in [3.05, 3.63) is 82.8 Å². The van der Waals surface area contributed by atoms with Crippen LogP contribution in [0.3, 0.4) is 0 Å². The van der Waals surface area contributed by atoms with Crippen LogP contribution in [0.15, 0.2) is 64.1 Å². The molecule has 1 aromatic heterocycles. The van der Waals surface area contributed by atoms with Crippen LogP contribution >= 0.6 is 0 Å². The van der Waals surface area contributed by atoms with Gasteiger partial charge >= 0.3 is 0 Å². The topological polar surface area (TPSA) is 92.9 Å². The number of rotatable bonds is 5. The third-order valence-electron chi connectivity index (χ3n) is 5.19. The lowest BCUT2D eigenvalue weighted by atomic mass is 9.93. The van der Waals surface area contributed by atoms with Crippen molar-refractivity contribution in [2.24, 2.45) is 5.10 Å². The van der Waals surface area contributed by atoms with Gasteiger partial charge < -0.3 is 14.5 Å². The number of hydrogen-bond donors (Lipinski definition) is 2. The van der Waals surface area contributed by atoms with E-state index in [-0.39, 0.29) is 17.6 Å². The maximum absolute atomic E-state index is 12.9. The molecule has 158 valence electrons. The summed E-state index contributed by atoms with van der Waals surface area (Å²) in [5, 5.41) is 7.20. The van der Waals surface area contributed by atoms with Gasteiger partial charge in [0.05, 0.1) is 12.8 Å². The fraction of sp³-hybridized carbons (Fsp3) is 0.208. The number of fused-ring (bicyclic) bond motifs is 1. The molecule has 7 heteroatoms. The zero-order valence-corrected chi connectivity index (χ0v) is 17.4. The van der Waals surface area contributed by atoms with Crippen LogP contribution in [0.5, 0.6) is 5.75 Å². The summed E-state index contributed by atoms with van der Waals surface area (Å²) >= 11 is 0. The number of carbonyl (C=O) groups is 2. The first-order valence-corrected chi connectivity index (χ1v) is 10.1. The zero-order valence-electron chi connectivity index (χ0n) is 17.4. The fourth-order valence-electron chi connectivity index (χ4n) is 3.66. The van der Waals surface area contributed by atoms with Gasteiger partial charge in [-0.3, -0.25) is 9.59 Å². The lowest BCUT2D eigenvalue weighted by molar-refractivity contribution is 0.0953. The van der Waals surface area contributed by atoms with E-state index in [2.05, 4.69) is 15.8 Å². The lowest BCUT2D eigenvalue weighted by Gasteiger charge is -2.13. The average molecular weight is 417 g/mol. The van der Waals surface area contributed by atoms with Crippen LogP contribution in [0.2, 0.25) is 0 Å². The summed E-state index contributed by atoms with van der Waals surface area (Å²) in [7, 11) is 1.57. The smallest absolute Gasteiger partial charge is 0.291 e. The highest BCUT2D eigenvalue weighted by atomic mass is 16.5. The SMILES string of the molecule is COc1cccc(NC(=O)c2oc3c(c2C)/C(=N/NC(=O)c2ccccc2)CCC3)c1. The van der Waals surface area contributed by atoms with E-state index >= 15 is 0 Å². The summed E-state index contributed by atoms with van der Waals surface area (Å²) in [6, 6.07) is 16.0. The first-order valence-electron chi connectivity index (χ1n) is 10.1. The summed E-state index contributed by atoms with van der Waals surface area (Å²) in [4.78, 5) is 25.2. The Morgan fingerprint density at radius 1 is 1.03 bits per heavy atom. The minimum Gasteiger partial charge on any atom is -0.497 e. The Bertz CT molecular complexity index is 1150. The Hall–Kier alpha value is -3.87. The molecule has 1 aliphatic carbocycles. The van der Waals surface area contributed by atoms with Gasteiger partial charge in [0.2, 0.25) is 0 Å². The van der Waals surface area contributed by atoms with Crippen molar-refractivity contribution in [2.45, 2.75) is 26.2 Å². The second-order valence-corrected chi connectivity index (χ2v) is 7.26. The molecular formula is C24H23N3O4. The van der Waals surface area contributed by atoms with Gasteiger partial charge in [-0.1, -0.05) is 24.3 Å². The Labute approximate surface area is 180 Å². The molecule has 0 radical (unpaired) electrons. The molecule has 1 aliphatic rings. The molecule has 3 aromatic rings. The fourth-order valence-corrected chi connectivity index (χ4v) is 3.66. The van der Waals surface area contributed by atoms with Gasteiger partial charge in [0, 0.05) is 34.9 Å². The van der Waals surface area contributed by atoms with Crippen molar-refractivity contribution in [3.63, 3.8) is 0 Å². The Balaban J connectivity index is 1.56. The second-order valence-electron chi connectivity index (χ2n) is 7.26.